The molecule has 94 valence electrons. The van der Waals surface area contributed by atoms with Crippen molar-refractivity contribution >= 4 is 11.6 Å². The molecule has 0 amide bonds. The molecule has 1 aliphatic rings. The second kappa shape index (κ2) is 5.83. The first-order valence-corrected chi connectivity index (χ1v) is 6.72. The first-order chi connectivity index (χ1) is 8.15. The van der Waals surface area contributed by atoms with Gasteiger partial charge >= 0.3 is 0 Å². The quantitative estimate of drug-likeness (QED) is 0.797. The maximum atomic E-state index is 12.9. The summed E-state index contributed by atoms with van der Waals surface area (Å²) in [7, 11) is 0. The van der Waals surface area contributed by atoms with E-state index in [1.165, 1.54) is 31.4 Å². The van der Waals surface area contributed by atoms with E-state index in [9.17, 15) is 4.39 Å². The zero-order chi connectivity index (χ0) is 12.3. The third-order valence-electron chi connectivity index (χ3n) is 3.60. The van der Waals surface area contributed by atoms with Gasteiger partial charge in [-0.05, 0) is 42.9 Å². The van der Waals surface area contributed by atoms with Gasteiger partial charge < -0.3 is 5.73 Å². The van der Waals surface area contributed by atoms with E-state index in [-0.39, 0.29) is 5.82 Å². The third-order valence-corrected chi connectivity index (χ3v) is 3.95. The monoisotopic (exact) mass is 255 g/mol. The average Bonchev–Trinajstić information content (AvgIpc) is 2.47. The lowest BCUT2D eigenvalue weighted by molar-refractivity contribution is 0.430. The molecule has 0 bridgehead atoms. The summed E-state index contributed by atoms with van der Waals surface area (Å²) < 4.78 is 12.9. The molecule has 2 N–H and O–H groups in total. The molecule has 3 heteroatoms. The summed E-state index contributed by atoms with van der Waals surface area (Å²) >= 11 is 6.05. The molecular weight excluding hydrogens is 237 g/mol. The number of halogens is 2. The maximum absolute atomic E-state index is 12.9. The van der Waals surface area contributed by atoms with Crippen LogP contribution in [0.1, 0.15) is 37.7 Å². The van der Waals surface area contributed by atoms with Crippen LogP contribution in [0.25, 0.3) is 0 Å². The van der Waals surface area contributed by atoms with Crippen LogP contribution in [0, 0.1) is 11.7 Å². The second-order valence-electron chi connectivity index (χ2n) is 5.09. The predicted molar refractivity (Wildman–Crippen MR) is 69.7 cm³/mol. The number of rotatable bonds is 2. The molecule has 0 aromatic heterocycles. The Morgan fingerprint density at radius 2 is 2.06 bits per heavy atom. The summed E-state index contributed by atoms with van der Waals surface area (Å²) in [5.41, 5.74) is 7.10. The molecule has 1 nitrogen and oxygen atoms in total. The highest BCUT2D eigenvalue weighted by atomic mass is 35.5. The zero-order valence-corrected chi connectivity index (χ0v) is 10.7. The highest BCUT2D eigenvalue weighted by molar-refractivity contribution is 6.31. The molecule has 0 saturated heterocycles. The molecule has 0 aliphatic heterocycles. The van der Waals surface area contributed by atoms with Crippen LogP contribution in [-0.4, -0.2) is 6.04 Å². The van der Waals surface area contributed by atoms with E-state index < -0.39 is 0 Å². The van der Waals surface area contributed by atoms with E-state index in [0.717, 1.165) is 24.8 Å². The van der Waals surface area contributed by atoms with Gasteiger partial charge in [0.25, 0.3) is 0 Å². The number of hydrogen-bond donors (Lipinski definition) is 1. The molecule has 2 unspecified atom stereocenters. The van der Waals surface area contributed by atoms with Crippen molar-refractivity contribution < 1.29 is 4.39 Å². The van der Waals surface area contributed by atoms with Crippen LogP contribution in [0.3, 0.4) is 0 Å². The summed E-state index contributed by atoms with van der Waals surface area (Å²) in [5.74, 6) is 0.326. The lowest BCUT2D eigenvalue weighted by atomic mass is 9.91. The highest BCUT2D eigenvalue weighted by Crippen LogP contribution is 2.28. The van der Waals surface area contributed by atoms with Gasteiger partial charge in [-0.25, -0.2) is 4.39 Å². The van der Waals surface area contributed by atoms with E-state index >= 15 is 0 Å². The van der Waals surface area contributed by atoms with Gasteiger partial charge in [-0.1, -0.05) is 36.9 Å². The topological polar surface area (TPSA) is 26.0 Å². The van der Waals surface area contributed by atoms with Gasteiger partial charge in [-0.3, -0.25) is 0 Å². The van der Waals surface area contributed by atoms with E-state index in [0.29, 0.717) is 17.0 Å². The molecular formula is C14H19ClFN. The molecule has 1 fully saturated rings. The Balaban J connectivity index is 2.03. The molecule has 17 heavy (non-hydrogen) atoms. The Bertz CT molecular complexity index is 380. The van der Waals surface area contributed by atoms with Crippen molar-refractivity contribution in [3.63, 3.8) is 0 Å². The van der Waals surface area contributed by atoms with Crippen LogP contribution >= 0.6 is 11.6 Å². The summed E-state index contributed by atoms with van der Waals surface area (Å²) in [6, 6.07) is 5.00. The summed E-state index contributed by atoms with van der Waals surface area (Å²) in [5, 5.41) is 0.544. The fourth-order valence-electron chi connectivity index (χ4n) is 2.69. The predicted octanol–water partition coefficient (Wildman–Crippen LogP) is 3.93. The fourth-order valence-corrected chi connectivity index (χ4v) is 2.93. The molecule has 1 saturated carbocycles. The van der Waals surface area contributed by atoms with Crippen LogP contribution in [0.15, 0.2) is 18.2 Å². The number of benzene rings is 1. The van der Waals surface area contributed by atoms with Gasteiger partial charge in [0.1, 0.15) is 5.82 Å². The van der Waals surface area contributed by atoms with Crippen molar-refractivity contribution in [1.82, 2.24) is 0 Å². The van der Waals surface area contributed by atoms with E-state index in [4.69, 9.17) is 17.3 Å². The van der Waals surface area contributed by atoms with Crippen LogP contribution in [0.4, 0.5) is 4.39 Å². The maximum Gasteiger partial charge on any atom is 0.124 e. The van der Waals surface area contributed by atoms with Crippen molar-refractivity contribution in [1.29, 1.82) is 0 Å². The average molecular weight is 256 g/mol. The first kappa shape index (κ1) is 12.8. The summed E-state index contributed by atoms with van der Waals surface area (Å²) in [4.78, 5) is 0. The number of hydrogen-bond acceptors (Lipinski definition) is 1. The van der Waals surface area contributed by atoms with E-state index in [1.807, 2.05) is 0 Å². The van der Waals surface area contributed by atoms with Crippen molar-refractivity contribution in [2.75, 3.05) is 0 Å². The molecule has 2 rings (SSSR count). The van der Waals surface area contributed by atoms with Crippen LogP contribution < -0.4 is 5.73 Å². The Morgan fingerprint density at radius 1 is 1.29 bits per heavy atom. The minimum absolute atomic E-state index is 0.267. The Hall–Kier alpha value is -0.600. The molecule has 0 heterocycles. The van der Waals surface area contributed by atoms with Gasteiger partial charge in [0, 0.05) is 11.1 Å². The largest absolute Gasteiger partial charge is 0.328 e. The second-order valence-corrected chi connectivity index (χ2v) is 5.49. The zero-order valence-electron chi connectivity index (χ0n) is 9.96. The lowest BCUT2D eigenvalue weighted by Crippen LogP contribution is -2.22. The highest BCUT2D eigenvalue weighted by Gasteiger charge is 2.18. The van der Waals surface area contributed by atoms with Crippen molar-refractivity contribution in [2.45, 2.75) is 44.6 Å². The van der Waals surface area contributed by atoms with Crippen molar-refractivity contribution in [3.8, 4) is 0 Å². The first-order valence-electron chi connectivity index (χ1n) is 6.34. The molecule has 2 atom stereocenters. The van der Waals surface area contributed by atoms with Crippen molar-refractivity contribution in [2.24, 2.45) is 11.7 Å². The van der Waals surface area contributed by atoms with Crippen LogP contribution in [0.2, 0.25) is 5.02 Å². The molecule has 1 aromatic carbocycles. The third kappa shape index (κ3) is 3.68. The van der Waals surface area contributed by atoms with Gasteiger partial charge in [-0.2, -0.15) is 0 Å². The minimum Gasteiger partial charge on any atom is -0.328 e. The van der Waals surface area contributed by atoms with Crippen LogP contribution in [-0.2, 0) is 6.42 Å². The normalized spacial score (nSPS) is 25.6. The van der Waals surface area contributed by atoms with E-state index in [2.05, 4.69) is 0 Å². The van der Waals surface area contributed by atoms with Crippen LogP contribution in [0.5, 0.6) is 0 Å². The van der Waals surface area contributed by atoms with Gasteiger partial charge in [0.05, 0.1) is 0 Å². The molecule has 0 radical (unpaired) electrons. The van der Waals surface area contributed by atoms with Gasteiger partial charge in [0.15, 0.2) is 0 Å². The minimum atomic E-state index is -0.267. The Morgan fingerprint density at radius 3 is 2.82 bits per heavy atom. The standard InChI is InChI=1S/C14H19ClFN/c15-14-9-12(16)6-5-11(14)7-10-3-1-2-4-13(17)8-10/h5-6,9-10,13H,1-4,7-8,17H2. The summed E-state index contributed by atoms with van der Waals surface area (Å²) in [6.45, 7) is 0. The van der Waals surface area contributed by atoms with Gasteiger partial charge in [0.2, 0.25) is 0 Å². The molecule has 0 spiro atoms. The van der Waals surface area contributed by atoms with Crippen molar-refractivity contribution in [3.05, 3.63) is 34.6 Å². The smallest absolute Gasteiger partial charge is 0.124 e. The Labute approximate surface area is 107 Å². The molecule has 1 aliphatic carbocycles. The van der Waals surface area contributed by atoms with Gasteiger partial charge in [-0.15, -0.1) is 0 Å². The summed E-state index contributed by atoms with van der Waals surface area (Å²) in [6.07, 6.45) is 6.81. The fraction of sp³-hybridized carbons (Fsp3) is 0.571. The molecule has 1 aromatic rings. The van der Waals surface area contributed by atoms with E-state index in [1.54, 1.807) is 6.07 Å². The number of nitrogens with two attached hydrogens (primary N) is 1. The Kier molecular flexibility index (Phi) is 4.41. The SMILES string of the molecule is NC1CCCCC(Cc2ccc(F)cc2Cl)C1. The lowest BCUT2D eigenvalue weighted by Gasteiger charge is -2.17.